The van der Waals surface area contributed by atoms with E-state index in [1.165, 1.54) is 17.7 Å². The number of carbonyl (C=O) groups is 1. The number of rotatable bonds is 9. The van der Waals surface area contributed by atoms with Crippen molar-refractivity contribution in [2.45, 2.75) is 51.3 Å². The molecule has 0 saturated carbocycles. The van der Waals surface area contributed by atoms with Gasteiger partial charge in [0.2, 0.25) is 0 Å². The smallest absolute Gasteiger partial charge is 0.486 e. The van der Waals surface area contributed by atoms with E-state index in [9.17, 15) is 26.3 Å². The lowest BCUT2D eigenvalue weighted by atomic mass is 10.0. The molecule has 0 aliphatic carbocycles. The molecule has 2 aromatic rings. The lowest BCUT2D eigenvalue weighted by molar-refractivity contribution is -0.192. The van der Waals surface area contributed by atoms with Crippen molar-refractivity contribution in [3.05, 3.63) is 65.2 Å². The highest BCUT2D eigenvalue weighted by Gasteiger charge is 2.38. The zero-order chi connectivity index (χ0) is 30.1. The van der Waals surface area contributed by atoms with Crippen LogP contribution >= 0.6 is 0 Å². The summed E-state index contributed by atoms with van der Waals surface area (Å²) in [5.74, 6) is -2.31. The Balaban J connectivity index is 0.000000708. The van der Waals surface area contributed by atoms with Crippen LogP contribution in [-0.2, 0) is 17.5 Å². The number of ether oxygens (including phenoxy) is 1. The fourth-order valence-electron chi connectivity index (χ4n) is 4.09. The van der Waals surface area contributed by atoms with Gasteiger partial charge < -0.3 is 14.7 Å². The van der Waals surface area contributed by atoms with Crippen molar-refractivity contribution in [3.8, 4) is 5.75 Å². The molecule has 1 N–H and O–H groups in total. The lowest BCUT2D eigenvalue weighted by Gasteiger charge is -2.37. The highest BCUT2D eigenvalue weighted by Crippen LogP contribution is 2.32. The summed E-state index contributed by atoms with van der Waals surface area (Å²) in [5, 5.41) is 7.12. The number of alkyl halides is 6. The number of halogens is 6. The Hall–Kier alpha value is -2.83. The van der Waals surface area contributed by atoms with Crippen molar-refractivity contribution >= 4 is 5.97 Å². The second kappa shape index (κ2) is 14.7. The summed E-state index contributed by atoms with van der Waals surface area (Å²) in [7, 11) is 3.99. The minimum atomic E-state index is -5.08. The summed E-state index contributed by atoms with van der Waals surface area (Å²) in [6, 6.07) is 14.0. The van der Waals surface area contributed by atoms with Gasteiger partial charge in [0.25, 0.3) is 0 Å². The molecule has 0 aromatic heterocycles. The molecule has 1 fully saturated rings. The van der Waals surface area contributed by atoms with Crippen molar-refractivity contribution in [1.82, 2.24) is 14.7 Å². The van der Waals surface area contributed by atoms with Crippen molar-refractivity contribution in [3.63, 3.8) is 0 Å². The Labute approximate surface area is 231 Å². The number of benzene rings is 2. The van der Waals surface area contributed by atoms with E-state index >= 15 is 0 Å². The molecule has 1 aliphatic rings. The fraction of sp³-hybridized carbons (Fsp3) is 0.536. The first-order chi connectivity index (χ1) is 18.6. The second-order valence-corrected chi connectivity index (χ2v) is 10.2. The number of hydrogen-bond acceptors (Lipinski definition) is 5. The van der Waals surface area contributed by atoms with Crippen LogP contribution < -0.4 is 4.74 Å². The number of nitrogens with zero attached hydrogens (tertiary/aromatic N) is 3. The van der Waals surface area contributed by atoms with Crippen LogP contribution in [0, 0.1) is 0 Å². The van der Waals surface area contributed by atoms with Crippen LogP contribution in [0.15, 0.2) is 48.5 Å². The largest absolute Gasteiger partial charge is 0.490 e. The van der Waals surface area contributed by atoms with E-state index in [1.807, 2.05) is 14.1 Å². The third kappa shape index (κ3) is 11.3. The molecular weight excluding hydrogens is 540 g/mol. The Morgan fingerprint density at radius 1 is 0.925 bits per heavy atom. The third-order valence-corrected chi connectivity index (χ3v) is 6.44. The molecule has 12 heteroatoms. The van der Waals surface area contributed by atoms with Gasteiger partial charge in [-0.3, -0.25) is 9.80 Å². The first-order valence-electron chi connectivity index (χ1n) is 12.9. The van der Waals surface area contributed by atoms with Crippen LogP contribution in [0.1, 0.15) is 43.1 Å². The number of hydrogen-bond donors (Lipinski definition) is 1. The molecule has 0 amide bonds. The molecule has 1 aliphatic heterocycles. The number of aliphatic carboxylic acids is 1. The predicted molar refractivity (Wildman–Crippen MR) is 140 cm³/mol. The molecule has 40 heavy (non-hydrogen) atoms. The zero-order valence-corrected chi connectivity index (χ0v) is 23.1. The van der Waals surface area contributed by atoms with Gasteiger partial charge in [-0.25, -0.2) is 4.79 Å². The van der Waals surface area contributed by atoms with Gasteiger partial charge in [0, 0.05) is 51.7 Å². The topological polar surface area (TPSA) is 56.2 Å². The van der Waals surface area contributed by atoms with E-state index < -0.39 is 23.9 Å². The molecule has 0 bridgehead atoms. The molecule has 1 unspecified atom stereocenters. The lowest BCUT2D eigenvalue weighted by Crippen LogP contribution is -2.48. The van der Waals surface area contributed by atoms with Crippen molar-refractivity contribution in [2.75, 3.05) is 46.8 Å². The highest BCUT2D eigenvalue weighted by molar-refractivity contribution is 5.73. The summed E-state index contributed by atoms with van der Waals surface area (Å²) < 4.78 is 76.5. The van der Waals surface area contributed by atoms with Gasteiger partial charge in [-0.1, -0.05) is 24.3 Å². The minimum absolute atomic E-state index is 0.229. The quantitative estimate of drug-likeness (QED) is 0.373. The maximum Gasteiger partial charge on any atom is 0.490 e. The summed E-state index contributed by atoms with van der Waals surface area (Å²) in [4.78, 5) is 16.0. The molecule has 1 heterocycles. The monoisotopic (exact) mass is 577 g/mol. The SMILES string of the molecule is CC(C)N1CCN(Cc2ccc(C(CCN(C)C)Oc3ccc(C(F)(F)F)cc3)cc2)CC1.O=C(O)C(F)(F)F. The maximum atomic E-state index is 12.9. The van der Waals surface area contributed by atoms with Crippen LogP contribution in [0.4, 0.5) is 26.3 Å². The van der Waals surface area contributed by atoms with Crippen molar-refractivity contribution in [2.24, 2.45) is 0 Å². The fourth-order valence-corrected chi connectivity index (χ4v) is 4.09. The van der Waals surface area contributed by atoms with Gasteiger partial charge in [0.05, 0.1) is 5.56 Å². The Morgan fingerprint density at radius 2 is 1.45 bits per heavy atom. The summed E-state index contributed by atoms with van der Waals surface area (Å²) in [6.07, 6.45) is -8.92. The highest BCUT2D eigenvalue weighted by atomic mass is 19.4. The molecule has 3 rings (SSSR count). The van der Waals surface area contributed by atoms with Crippen LogP contribution in [-0.4, -0.2) is 84.8 Å². The van der Waals surface area contributed by atoms with Gasteiger partial charge in [0.15, 0.2) is 0 Å². The van der Waals surface area contributed by atoms with E-state index in [0.717, 1.165) is 63.4 Å². The van der Waals surface area contributed by atoms with E-state index in [0.29, 0.717) is 11.8 Å². The molecule has 0 spiro atoms. The minimum Gasteiger partial charge on any atom is -0.486 e. The van der Waals surface area contributed by atoms with E-state index in [2.05, 4.69) is 52.8 Å². The van der Waals surface area contributed by atoms with Gasteiger partial charge in [-0.05, 0) is 63.3 Å². The van der Waals surface area contributed by atoms with Crippen molar-refractivity contribution < 1.29 is 41.0 Å². The van der Waals surface area contributed by atoms with E-state index in [-0.39, 0.29) is 6.10 Å². The van der Waals surface area contributed by atoms with Gasteiger partial charge >= 0.3 is 18.3 Å². The zero-order valence-electron chi connectivity index (χ0n) is 23.1. The Kier molecular flexibility index (Phi) is 12.3. The van der Waals surface area contributed by atoms with Crippen LogP contribution in [0.2, 0.25) is 0 Å². The molecular formula is C28H37F6N3O3. The number of piperazine rings is 1. The second-order valence-electron chi connectivity index (χ2n) is 10.2. The molecule has 0 radical (unpaired) electrons. The standard InChI is InChI=1S/C26H36F3N3O.C2HF3O2/c1-20(2)32-17-15-31(16-18-32)19-21-5-7-22(8-6-21)25(13-14-30(3)4)33-24-11-9-23(10-12-24)26(27,28)29;3-2(4,5)1(6)7/h5-12,20,25H,13-19H2,1-4H3;(H,6,7). The van der Waals surface area contributed by atoms with Crippen molar-refractivity contribution in [1.29, 1.82) is 0 Å². The third-order valence-electron chi connectivity index (χ3n) is 6.44. The first-order valence-corrected chi connectivity index (χ1v) is 12.9. The van der Waals surface area contributed by atoms with Gasteiger partial charge in [-0.15, -0.1) is 0 Å². The van der Waals surface area contributed by atoms with Crippen LogP contribution in [0.5, 0.6) is 5.75 Å². The van der Waals surface area contributed by atoms with E-state index in [1.54, 1.807) is 0 Å². The first kappa shape index (κ1) is 33.4. The average molecular weight is 578 g/mol. The normalized spacial score (nSPS) is 16.0. The van der Waals surface area contributed by atoms with Gasteiger partial charge in [-0.2, -0.15) is 26.3 Å². The molecule has 2 aromatic carbocycles. The summed E-state index contributed by atoms with van der Waals surface area (Å²) >= 11 is 0. The van der Waals surface area contributed by atoms with Gasteiger partial charge in [0.1, 0.15) is 11.9 Å². The Morgan fingerprint density at radius 3 is 1.88 bits per heavy atom. The Bertz CT molecular complexity index is 1030. The number of carboxylic acids is 1. The number of carboxylic acid groups (broad SMARTS) is 1. The molecule has 6 nitrogen and oxygen atoms in total. The van der Waals surface area contributed by atoms with E-state index in [4.69, 9.17) is 14.6 Å². The molecule has 1 saturated heterocycles. The average Bonchev–Trinajstić information content (AvgIpc) is 2.87. The molecule has 224 valence electrons. The summed E-state index contributed by atoms with van der Waals surface area (Å²) in [5.41, 5.74) is 1.63. The predicted octanol–water partition coefficient (Wildman–Crippen LogP) is 5.94. The van der Waals surface area contributed by atoms with Crippen LogP contribution in [0.3, 0.4) is 0 Å². The summed E-state index contributed by atoms with van der Waals surface area (Å²) in [6.45, 7) is 10.6. The molecule has 1 atom stereocenters. The van der Waals surface area contributed by atoms with Crippen LogP contribution in [0.25, 0.3) is 0 Å². The maximum absolute atomic E-state index is 12.9.